The van der Waals surface area contributed by atoms with E-state index in [0.29, 0.717) is 16.9 Å². The van der Waals surface area contributed by atoms with Gasteiger partial charge in [0, 0.05) is 12.2 Å². The zero-order chi connectivity index (χ0) is 15.4. The Morgan fingerprint density at radius 1 is 1.32 bits per heavy atom. The van der Waals surface area contributed by atoms with E-state index in [0.717, 1.165) is 36.8 Å². The molecule has 118 valence electrons. The van der Waals surface area contributed by atoms with Crippen LogP contribution in [-0.4, -0.2) is 26.4 Å². The maximum Gasteiger partial charge on any atom is 0.158 e. The number of hydrogen-bond donors (Lipinski definition) is 1. The lowest BCUT2D eigenvalue weighted by Crippen LogP contribution is -2.84. The summed E-state index contributed by atoms with van der Waals surface area (Å²) in [5, 5.41) is 2.82. The first-order valence-corrected chi connectivity index (χ1v) is 8.00. The van der Waals surface area contributed by atoms with Crippen LogP contribution in [0.25, 0.3) is 11.3 Å². The molecule has 1 aromatic carbocycles. The fourth-order valence-electron chi connectivity index (χ4n) is 2.70. The molecule has 1 saturated heterocycles. The average Bonchev–Trinajstić information content (AvgIpc) is 3.19. The minimum Gasteiger partial charge on any atom is -0.495 e. The molecule has 0 spiro atoms. The average molecular weight is 323 g/mol. The lowest BCUT2D eigenvalue weighted by atomic mass is 10.2. The van der Waals surface area contributed by atoms with Crippen LogP contribution in [0.2, 0.25) is 5.02 Å². The Morgan fingerprint density at radius 2 is 2.23 bits per heavy atom. The predicted molar refractivity (Wildman–Crippen MR) is 85.2 cm³/mol. The van der Waals surface area contributed by atoms with Gasteiger partial charge >= 0.3 is 0 Å². The van der Waals surface area contributed by atoms with Gasteiger partial charge in [-0.25, -0.2) is 0 Å². The molecule has 0 radical (unpaired) electrons. The van der Waals surface area contributed by atoms with Gasteiger partial charge in [0.2, 0.25) is 0 Å². The fourth-order valence-corrected chi connectivity index (χ4v) is 2.96. The molecule has 0 amide bonds. The summed E-state index contributed by atoms with van der Waals surface area (Å²) in [7, 11) is 1.61. The van der Waals surface area contributed by atoms with Crippen LogP contribution >= 0.6 is 11.6 Å². The van der Waals surface area contributed by atoms with Gasteiger partial charge in [-0.15, -0.1) is 0 Å². The van der Waals surface area contributed by atoms with Gasteiger partial charge in [0.05, 0.1) is 12.1 Å². The van der Waals surface area contributed by atoms with Crippen molar-refractivity contribution in [2.45, 2.75) is 25.5 Å². The van der Waals surface area contributed by atoms with E-state index < -0.39 is 0 Å². The second-order valence-electron chi connectivity index (χ2n) is 5.48. The standard InChI is InChI=1S/C17H20ClNO3/c1-20-17-6-4-12(9-15(17)18)16-7-5-14(22-16)11-19-10-13-3-2-8-21-13/h4-7,9,13,19H,2-3,8,10-11H2,1H3/p+1/t13-/m1/s1. The zero-order valence-electron chi connectivity index (χ0n) is 12.7. The summed E-state index contributed by atoms with van der Waals surface area (Å²) in [6.45, 7) is 2.72. The van der Waals surface area contributed by atoms with Crippen molar-refractivity contribution in [3.05, 3.63) is 41.1 Å². The third kappa shape index (κ3) is 3.64. The van der Waals surface area contributed by atoms with Crippen molar-refractivity contribution in [3.8, 4) is 17.1 Å². The minimum atomic E-state index is 0.398. The summed E-state index contributed by atoms with van der Waals surface area (Å²) in [6.07, 6.45) is 2.75. The van der Waals surface area contributed by atoms with Gasteiger partial charge in [0.25, 0.3) is 0 Å². The summed E-state index contributed by atoms with van der Waals surface area (Å²) < 4.78 is 16.7. The Morgan fingerprint density at radius 3 is 2.95 bits per heavy atom. The van der Waals surface area contributed by atoms with Crippen LogP contribution in [0, 0.1) is 0 Å². The normalized spacial score (nSPS) is 17.8. The second kappa shape index (κ2) is 7.18. The first kappa shape index (κ1) is 15.4. The second-order valence-corrected chi connectivity index (χ2v) is 5.89. The van der Waals surface area contributed by atoms with Crippen LogP contribution in [0.3, 0.4) is 0 Å². The predicted octanol–water partition coefficient (Wildman–Crippen LogP) is 2.85. The van der Waals surface area contributed by atoms with Crippen LogP contribution in [0.5, 0.6) is 5.75 Å². The lowest BCUT2D eigenvalue weighted by Gasteiger charge is -2.06. The van der Waals surface area contributed by atoms with Gasteiger partial charge in [-0.05, 0) is 43.2 Å². The lowest BCUT2D eigenvalue weighted by molar-refractivity contribution is -0.677. The third-order valence-corrected chi connectivity index (χ3v) is 4.19. The molecule has 1 fully saturated rings. The van der Waals surface area contributed by atoms with Crippen molar-refractivity contribution in [2.75, 3.05) is 20.3 Å². The van der Waals surface area contributed by atoms with Crippen molar-refractivity contribution < 1.29 is 19.2 Å². The number of quaternary nitrogens is 1. The molecular formula is C17H21ClNO3+. The maximum atomic E-state index is 6.16. The highest BCUT2D eigenvalue weighted by Crippen LogP contribution is 2.30. The fraction of sp³-hybridized carbons (Fsp3) is 0.412. The molecule has 2 heterocycles. The number of halogens is 1. The molecule has 5 heteroatoms. The van der Waals surface area contributed by atoms with Crippen molar-refractivity contribution in [2.24, 2.45) is 0 Å². The topological polar surface area (TPSA) is 48.2 Å². The van der Waals surface area contributed by atoms with E-state index in [4.69, 9.17) is 25.5 Å². The van der Waals surface area contributed by atoms with Crippen molar-refractivity contribution in [1.29, 1.82) is 0 Å². The molecule has 3 rings (SSSR count). The molecule has 2 aromatic rings. The summed E-state index contributed by atoms with van der Waals surface area (Å²) in [5.41, 5.74) is 0.955. The Labute approximate surface area is 135 Å². The summed E-state index contributed by atoms with van der Waals surface area (Å²) in [5.74, 6) is 2.45. The van der Waals surface area contributed by atoms with Crippen LogP contribution < -0.4 is 10.1 Å². The summed E-state index contributed by atoms with van der Waals surface area (Å²) >= 11 is 6.16. The number of furan rings is 1. The third-order valence-electron chi connectivity index (χ3n) is 3.90. The van der Waals surface area contributed by atoms with Crippen LogP contribution in [-0.2, 0) is 11.3 Å². The Hall–Kier alpha value is -1.49. The van der Waals surface area contributed by atoms with E-state index in [2.05, 4.69) is 5.32 Å². The van der Waals surface area contributed by atoms with Gasteiger partial charge < -0.3 is 19.2 Å². The molecule has 1 aromatic heterocycles. The van der Waals surface area contributed by atoms with Crippen LogP contribution in [0.15, 0.2) is 34.7 Å². The smallest absolute Gasteiger partial charge is 0.158 e. The Bertz CT molecular complexity index is 620. The molecule has 0 unspecified atom stereocenters. The van der Waals surface area contributed by atoms with E-state index in [-0.39, 0.29) is 0 Å². The Balaban J connectivity index is 1.59. The van der Waals surface area contributed by atoms with Crippen LogP contribution in [0.4, 0.5) is 0 Å². The minimum absolute atomic E-state index is 0.398. The van der Waals surface area contributed by atoms with E-state index in [9.17, 15) is 0 Å². The van der Waals surface area contributed by atoms with Gasteiger partial charge in [-0.1, -0.05) is 11.6 Å². The largest absolute Gasteiger partial charge is 0.495 e. The quantitative estimate of drug-likeness (QED) is 0.889. The SMILES string of the molecule is COc1ccc(-c2ccc(C[NH2+]C[C@H]3CCCO3)o2)cc1Cl. The summed E-state index contributed by atoms with van der Waals surface area (Å²) in [4.78, 5) is 0. The van der Waals surface area contributed by atoms with Crippen molar-refractivity contribution >= 4 is 11.6 Å². The molecular weight excluding hydrogens is 302 g/mol. The van der Waals surface area contributed by atoms with E-state index in [1.165, 1.54) is 12.8 Å². The van der Waals surface area contributed by atoms with Gasteiger partial charge in [-0.3, -0.25) is 0 Å². The van der Waals surface area contributed by atoms with Gasteiger partial charge in [0.15, 0.2) is 5.76 Å². The van der Waals surface area contributed by atoms with E-state index in [1.54, 1.807) is 7.11 Å². The molecule has 0 bridgehead atoms. The van der Waals surface area contributed by atoms with Crippen molar-refractivity contribution in [1.82, 2.24) is 0 Å². The van der Waals surface area contributed by atoms with Gasteiger partial charge in [0.1, 0.15) is 30.7 Å². The number of hydrogen-bond acceptors (Lipinski definition) is 3. The van der Waals surface area contributed by atoms with Crippen molar-refractivity contribution in [3.63, 3.8) is 0 Å². The number of ether oxygens (including phenoxy) is 2. The molecule has 4 nitrogen and oxygen atoms in total. The summed E-state index contributed by atoms with van der Waals surface area (Å²) in [6, 6.07) is 9.65. The first-order valence-electron chi connectivity index (χ1n) is 7.62. The monoisotopic (exact) mass is 322 g/mol. The van der Waals surface area contributed by atoms with E-state index in [1.807, 2.05) is 30.3 Å². The van der Waals surface area contributed by atoms with E-state index >= 15 is 0 Å². The number of methoxy groups -OCH3 is 1. The maximum absolute atomic E-state index is 6.16. The van der Waals surface area contributed by atoms with Gasteiger partial charge in [-0.2, -0.15) is 0 Å². The highest BCUT2D eigenvalue weighted by molar-refractivity contribution is 6.32. The molecule has 1 atom stereocenters. The molecule has 2 N–H and O–H groups in total. The van der Waals surface area contributed by atoms with Crippen LogP contribution in [0.1, 0.15) is 18.6 Å². The highest BCUT2D eigenvalue weighted by Gasteiger charge is 2.17. The molecule has 0 aliphatic carbocycles. The number of benzene rings is 1. The first-order chi connectivity index (χ1) is 10.8. The Kier molecular flexibility index (Phi) is 5.03. The highest BCUT2D eigenvalue weighted by atomic mass is 35.5. The number of rotatable bonds is 6. The molecule has 1 aliphatic heterocycles. The molecule has 0 saturated carbocycles. The zero-order valence-corrected chi connectivity index (χ0v) is 13.4. The molecule has 22 heavy (non-hydrogen) atoms. The number of nitrogens with two attached hydrogens (primary N) is 1. The molecule has 1 aliphatic rings.